The SMILES string of the molecule is O=C(O)c1sc(-c2ccccc2)cc1N1C(=O)CN(S(=O)(=O)c2ccc(NC3CCOCC3)nc2)CC1C1CCCCC1. The van der Waals surface area contributed by atoms with Crippen molar-refractivity contribution >= 4 is 44.7 Å². The number of anilines is 2. The number of amides is 1. The molecule has 0 spiro atoms. The lowest BCUT2D eigenvalue weighted by molar-refractivity contribution is -0.121. The average Bonchev–Trinajstić information content (AvgIpc) is 3.48. The zero-order valence-electron chi connectivity index (χ0n) is 23.9. The predicted octanol–water partition coefficient (Wildman–Crippen LogP) is 5.09. The van der Waals surface area contributed by atoms with Crippen LogP contribution in [0.15, 0.2) is 59.6 Å². The second-order valence-corrected chi connectivity index (χ2v) is 14.4. The van der Waals surface area contributed by atoms with Crippen molar-refractivity contribution in [2.24, 2.45) is 5.92 Å². The number of pyridine rings is 1. The molecule has 0 bridgehead atoms. The van der Waals surface area contributed by atoms with Crippen molar-refractivity contribution in [3.8, 4) is 10.4 Å². The highest BCUT2D eigenvalue weighted by Crippen LogP contribution is 2.42. The van der Waals surface area contributed by atoms with Gasteiger partial charge in [-0.3, -0.25) is 4.79 Å². The normalized spacial score (nSPS) is 21.2. The fourth-order valence-corrected chi connectivity index (χ4v) is 8.77. The third-order valence-electron chi connectivity index (χ3n) is 8.67. The van der Waals surface area contributed by atoms with Gasteiger partial charge in [0.15, 0.2) is 0 Å². The summed E-state index contributed by atoms with van der Waals surface area (Å²) < 4.78 is 34.4. The molecule has 10 nitrogen and oxygen atoms in total. The van der Waals surface area contributed by atoms with E-state index in [1.165, 1.54) is 16.6 Å². The van der Waals surface area contributed by atoms with Gasteiger partial charge in [0.25, 0.3) is 0 Å². The molecule has 3 aliphatic rings. The Morgan fingerprint density at radius 1 is 1.02 bits per heavy atom. The fraction of sp³-hybridized carbons (Fsp3) is 0.452. The van der Waals surface area contributed by atoms with Crippen LogP contribution in [-0.4, -0.2) is 73.1 Å². The van der Waals surface area contributed by atoms with E-state index in [1.54, 1.807) is 17.0 Å². The first-order valence-electron chi connectivity index (χ1n) is 14.9. The largest absolute Gasteiger partial charge is 0.477 e. The lowest BCUT2D eigenvalue weighted by Crippen LogP contribution is -2.60. The molecule has 3 aromatic rings. The second-order valence-electron chi connectivity index (χ2n) is 11.4. The van der Waals surface area contributed by atoms with Crippen molar-refractivity contribution in [2.45, 2.75) is 61.9 Å². The Hall–Kier alpha value is -3.32. The molecule has 228 valence electrons. The van der Waals surface area contributed by atoms with Gasteiger partial charge in [0.1, 0.15) is 15.6 Å². The van der Waals surface area contributed by atoms with Gasteiger partial charge in [0, 0.05) is 36.9 Å². The Bertz CT molecular complexity index is 1550. The summed E-state index contributed by atoms with van der Waals surface area (Å²) in [6.07, 6.45) is 7.85. The van der Waals surface area contributed by atoms with Gasteiger partial charge in [-0.05, 0) is 55.4 Å². The first-order chi connectivity index (χ1) is 20.8. The lowest BCUT2D eigenvalue weighted by atomic mass is 9.82. The Morgan fingerprint density at radius 3 is 2.44 bits per heavy atom. The minimum atomic E-state index is -4.02. The fourth-order valence-electron chi connectivity index (χ4n) is 6.42. The Labute approximate surface area is 255 Å². The van der Waals surface area contributed by atoms with Gasteiger partial charge in [0.05, 0.1) is 18.3 Å². The summed E-state index contributed by atoms with van der Waals surface area (Å²) in [5.74, 6) is -0.870. The minimum absolute atomic E-state index is 0.0294. The van der Waals surface area contributed by atoms with Gasteiger partial charge in [-0.1, -0.05) is 49.6 Å². The van der Waals surface area contributed by atoms with Crippen molar-refractivity contribution in [2.75, 3.05) is 36.5 Å². The van der Waals surface area contributed by atoms with Gasteiger partial charge >= 0.3 is 5.97 Å². The van der Waals surface area contributed by atoms with Crippen molar-refractivity contribution in [3.63, 3.8) is 0 Å². The van der Waals surface area contributed by atoms with Gasteiger partial charge in [-0.15, -0.1) is 11.3 Å². The third-order valence-corrected chi connectivity index (χ3v) is 11.6. The van der Waals surface area contributed by atoms with Crippen LogP contribution in [0.5, 0.6) is 0 Å². The first kappa shape index (κ1) is 29.7. The zero-order valence-corrected chi connectivity index (χ0v) is 25.5. The van der Waals surface area contributed by atoms with E-state index in [9.17, 15) is 23.1 Å². The molecule has 2 aromatic heterocycles. The standard InChI is InChI=1S/C31H36N4O6S2/c36-29-20-34(43(39,40)24-11-12-28(32-18-24)33-23-13-15-41-16-14-23)19-26(21-7-3-1-4-8-21)35(29)25-17-27(42-30(25)31(37)38)22-9-5-2-6-10-22/h2,5-6,9-12,17-18,21,23,26H,1,3-4,7-8,13-16,19-20H2,(H,32,33)(H,37,38). The lowest BCUT2D eigenvalue weighted by Gasteiger charge is -2.44. The number of piperazine rings is 1. The summed E-state index contributed by atoms with van der Waals surface area (Å²) in [4.78, 5) is 33.2. The molecule has 6 rings (SSSR count). The van der Waals surface area contributed by atoms with Gasteiger partial charge in [-0.25, -0.2) is 18.2 Å². The number of carboxylic acids is 1. The molecule has 1 atom stereocenters. The number of benzene rings is 1. The first-order valence-corrected chi connectivity index (χ1v) is 17.1. The predicted molar refractivity (Wildman–Crippen MR) is 165 cm³/mol. The molecule has 1 aliphatic carbocycles. The average molecular weight is 625 g/mol. The van der Waals surface area contributed by atoms with E-state index < -0.39 is 27.9 Å². The molecule has 3 fully saturated rings. The minimum Gasteiger partial charge on any atom is -0.477 e. The van der Waals surface area contributed by atoms with Crippen LogP contribution in [0.3, 0.4) is 0 Å². The summed E-state index contributed by atoms with van der Waals surface area (Å²) in [7, 11) is -4.02. The summed E-state index contributed by atoms with van der Waals surface area (Å²) in [6.45, 7) is 1.08. The second kappa shape index (κ2) is 12.7. The molecule has 1 aromatic carbocycles. The van der Waals surface area contributed by atoms with Gasteiger partial charge in [-0.2, -0.15) is 4.31 Å². The Balaban J connectivity index is 1.29. The van der Waals surface area contributed by atoms with Crippen molar-refractivity contribution in [1.82, 2.24) is 9.29 Å². The zero-order chi connectivity index (χ0) is 30.0. The number of carboxylic acid groups (broad SMARTS) is 1. The van der Waals surface area contributed by atoms with E-state index in [0.717, 1.165) is 66.7 Å². The molecule has 0 radical (unpaired) electrons. The summed E-state index contributed by atoms with van der Waals surface area (Å²) >= 11 is 1.14. The number of nitrogens with one attached hydrogen (secondary N) is 1. The van der Waals surface area contributed by atoms with Crippen LogP contribution >= 0.6 is 11.3 Å². The summed E-state index contributed by atoms with van der Waals surface area (Å²) in [5.41, 5.74) is 1.21. The molecular weight excluding hydrogens is 588 g/mol. The van der Waals surface area contributed by atoms with Crippen molar-refractivity contribution in [1.29, 1.82) is 0 Å². The van der Waals surface area contributed by atoms with Crippen LogP contribution in [0, 0.1) is 5.92 Å². The van der Waals surface area contributed by atoms with Crippen LogP contribution in [0.2, 0.25) is 0 Å². The highest BCUT2D eigenvalue weighted by Gasteiger charge is 2.44. The van der Waals surface area contributed by atoms with Crippen molar-refractivity contribution < 1.29 is 27.9 Å². The van der Waals surface area contributed by atoms with Crippen LogP contribution < -0.4 is 10.2 Å². The van der Waals surface area contributed by atoms with E-state index in [0.29, 0.717) is 24.7 Å². The van der Waals surface area contributed by atoms with E-state index in [4.69, 9.17) is 4.74 Å². The highest BCUT2D eigenvalue weighted by molar-refractivity contribution is 7.89. The molecule has 2 N–H and O–H groups in total. The monoisotopic (exact) mass is 624 g/mol. The Kier molecular flexibility index (Phi) is 8.80. The molecule has 1 unspecified atom stereocenters. The van der Waals surface area contributed by atoms with Crippen LogP contribution in [0.4, 0.5) is 11.5 Å². The number of aromatic carboxylic acids is 1. The maximum atomic E-state index is 13.9. The van der Waals surface area contributed by atoms with Gasteiger partial charge in [0.2, 0.25) is 15.9 Å². The number of sulfonamides is 1. The molecule has 2 saturated heterocycles. The maximum absolute atomic E-state index is 13.9. The number of aromatic nitrogens is 1. The number of thiophene rings is 1. The molecule has 43 heavy (non-hydrogen) atoms. The number of ether oxygens (including phenoxy) is 1. The van der Waals surface area contributed by atoms with E-state index in [1.807, 2.05) is 30.3 Å². The molecule has 1 amide bonds. The van der Waals surface area contributed by atoms with Crippen LogP contribution in [0.25, 0.3) is 10.4 Å². The smallest absolute Gasteiger partial charge is 0.348 e. The number of nitrogens with zero attached hydrogens (tertiary/aromatic N) is 3. The number of hydrogen-bond donors (Lipinski definition) is 2. The quantitative estimate of drug-likeness (QED) is 0.355. The topological polar surface area (TPSA) is 129 Å². The Morgan fingerprint density at radius 2 is 1.77 bits per heavy atom. The molecule has 2 aliphatic heterocycles. The van der Waals surface area contributed by atoms with Gasteiger partial charge < -0.3 is 20.1 Å². The number of carbonyl (C=O) groups excluding carboxylic acids is 1. The molecular formula is C31H36N4O6S2. The van der Waals surface area contributed by atoms with E-state index in [2.05, 4.69) is 10.3 Å². The highest BCUT2D eigenvalue weighted by atomic mass is 32.2. The number of hydrogen-bond acceptors (Lipinski definition) is 8. The van der Waals surface area contributed by atoms with E-state index >= 15 is 0 Å². The molecule has 4 heterocycles. The number of carbonyl (C=O) groups is 2. The van der Waals surface area contributed by atoms with E-state index in [-0.39, 0.29) is 34.8 Å². The van der Waals surface area contributed by atoms with Crippen LogP contribution in [-0.2, 0) is 19.6 Å². The molecule has 12 heteroatoms. The van der Waals surface area contributed by atoms with Crippen molar-refractivity contribution in [3.05, 3.63) is 59.6 Å². The summed E-state index contributed by atoms with van der Waals surface area (Å²) in [5, 5.41) is 13.5. The number of rotatable bonds is 8. The van der Waals surface area contributed by atoms with Crippen LogP contribution in [0.1, 0.15) is 54.6 Å². The maximum Gasteiger partial charge on any atom is 0.348 e. The molecule has 1 saturated carbocycles. The summed E-state index contributed by atoms with van der Waals surface area (Å²) in [6, 6.07) is 14.2. The third kappa shape index (κ3) is 6.33.